The largest absolute Gasteiger partial charge is 0.344 e. The Balaban J connectivity index is 0. The van der Waals surface area contributed by atoms with Gasteiger partial charge in [-0.05, 0) is 13.1 Å². The van der Waals surface area contributed by atoms with Crippen LogP contribution in [0.25, 0.3) is 0 Å². The molecule has 1 N–H and O–H groups in total. The van der Waals surface area contributed by atoms with Gasteiger partial charge in [0.2, 0.25) is 5.91 Å². The summed E-state index contributed by atoms with van der Waals surface area (Å²) < 4.78 is 0. The number of hydrogen-bond acceptors (Lipinski definition) is 2. The van der Waals surface area contributed by atoms with E-state index in [4.69, 9.17) is 0 Å². The van der Waals surface area contributed by atoms with Crippen molar-refractivity contribution in [2.45, 2.75) is 34.6 Å². The molecule has 0 aliphatic rings. The van der Waals surface area contributed by atoms with Crippen LogP contribution in [0, 0.1) is 0 Å². The van der Waals surface area contributed by atoms with Crippen molar-refractivity contribution in [1.29, 1.82) is 0 Å². The van der Waals surface area contributed by atoms with E-state index in [1.165, 1.54) is 6.92 Å². The highest BCUT2D eigenvalue weighted by Gasteiger charge is 1.97. The van der Waals surface area contributed by atoms with Gasteiger partial charge in [-0.15, -0.1) is 0 Å². The molecular formula is C9H22N2O. The van der Waals surface area contributed by atoms with Gasteiger partial charge in [0, 0.05) is 6.92 Å². The third-order valence-corrected chi connectivity index (χ3v) is 1.45. The van der Waals surface area contributed by atoms with E-state index in [1.807, 2.05) is 13.8 Å². The summed E-state index contributed by atoms with van der Waals surface area (Å²) >= 11 is 0. The number of carbonyl (C=O) groups excluding carboxylic acids is 1. The number of hydrogen-bond donors (Lipinski definition) is 1. The molecule has 0 fully saturated rings. The molecule has 0 saturated heterocycles. The van der Waals surface area contributed by atoms with Crippen LogP contribution >= 0.6 is 0 Å². The van der Waals surface area contributed by atoms with Crippen LogP contribution < -0.4 is 5.32 Å². The first-order valence-electron chi connectivity index (χ1n) is 4.67. The second-order valence-corrected chi connectivity index (χ2v) is 2.19. The summed E-state index contributed by atoms with van der Waals surface area (Å²) in [5, 5.41) is 2.73. The molecule has 0 unspecified atom stereocenters. The molecule has 0 atom stereocenters. The van der Waals surface area contributed by atoms with E-state index < -0.39 is 0 Å². The molecule has 3 nitrogen and oxygen atoms in total. The van der Waals surface area contributed by atoms with Gasteiger partial charge in [-0.2, -0.15) is 0 Å². The number of nitrogens with one attached hydrogen (secondary N) is 1. The molecule has 74 valence electrons. The highest BCUT2D eigenvalue weighted by molar-refractivity contribution is 5.72. The summed E-state index contributed by atoms with van der Waals surface area (Å²) in [6.07, 6.45) is 0. The maximum absolute atomic E-state index is 10.4. The van der Waals surface area contributed by atoms with Crippen molar-refractivity contribution in [3.8, 4) is 0 Å². The minimum absolute atomic E-state index is 0.0342. The Morgan fingerprint density at radius 1 is 1.25 bits per heavy atom. The Bertz CT molecular complexity index is 101. The molecule has 0 radical (unpaired) electrons. The fourth-order valence-corrected chi connectivity index (χ4v) is 0.670. The van der Waals surface area contributed by atoms with Crippen molar-refractivity contribution < 1.29 is 4.79 Å². The summed E-state index contributed by atoms with van der Waals surface area (Å²) in [5.41, 5.74) is 0. The van der Waals surface area contributed by atoms with Crippen LogP contribution in [0.15, 0.2) is 0 Å². The van der Waals surface area contributed by atoms with E-state index in [9.17, 15) is 4.79 Å². The molecule has 3 heteroatoms. The van der Waals surface area contributed by atoms with E-state index in [2.05, 4.69) is 24.1 Å². The highest BCUT2D eigenvalue weighted by Crippen LogP contribution is 1.81. The molecular weight excluding hydrogens is 152 g/mol. The first-order valence-corrected chi connectivity index (χ1v) is 4.67. The molecule has 0 aromatic carbocycles. The van der Waals surface area contributed by atoms with Gasteiger partial charge < -0.3 is 5.32 Å². The van der Waals surface area contributed by atoms with E-state index in [-0.39, 0.29) is 5.91 Å². The Morgan fingerprint density at radius 2 is 1.67 bits per heavy atom. The van der Waals surface area contributed by atoms with E-state index >= 15 is 0 Å². The van der Waals surface area contributed by atoms with Crippen LogP contribution in [0.5, 0.6) is 0 Å². The lowest BCUT2D eigenvalue weighted by Gasteiger charge is -2.17. The maximum atomic E-state index is 10.4. The van der Waals surface area contributed by atoms with Gasteiger partial charge in [0.15, 0.2) is 0 Å². The molecule has 0 aromatic heterocycles. The smallest absolute Gasteiger partial charge is 0.217 e. The van der Waals surface area contributed by atoms with Gasteiger partial charge >= 0.3 is 0 Å². The van der Waals surface area contributed by atoms with Crippen LogP contribution in [0.3, 0.4) is 0 Å². The van der Waals surface area contributed by atoms with Crippen molar-refractivity contribution in [3.63, 3.8) is 0 Å². The standard InChI is InChI=1S/C7H16N2O.C2H6/c1-4-9(5-2)6-8-7(3)10;1-2/h4-6H2,1-3H3,(H,8,10);1-2H3. The van der Waals surface area contributed by atoms with Crippen LogP contribution in [-0.4, -0.2) is 30.6 Å². The predicted octanol–water partition coefficient (Wildman–Crippen LogP) is 1.45. The van der Waals surface area contributed by atoms with E-state index in [1.54, 1.807) is 0 Å². The number of rotatable bonds is 4. The SMILES string of the molecule is CC.CCN(CC)CNC(C)=O. The second kappa shape index (κ2) is 10.4. The van der Waals surface area contributed by atoms with Crippen LogP contribution in [0.2, 0.25) is 0 Å². The van der Waals surface area contributed by atoms with E-state index in [0.29, 0.717) is 6.67 Å². The van der Waals surface area contributed by atoms with Crippen molar-refractivity contribution in [2.75, 3.05) is 19.8 Å². The summed E-state index contributed by atoms with van der Waals surface area (Å²) in [7, 11) is 0. The summed E-state index contributed by atoms with van der Waals surface area (Å²) in [6, 6.07) is 0. The highest BCUT2D eigenvalue weighted by atomic mass is 16.1. The van der Waals surface area contributed by atoms with Gasteiger partial charge in [0.05, 0.1) is 6.67 Å². The van der Waals surface area contributed by atoms with Gasteiger partial charge in [-0.25, -0.2) is 0 Å². The zero-order chi connectivity index (χ0) is 9.98. The molecule has 0 bridgehead atoms. The molecule has 0 aliphatic carbocycles. The molecule has 12 heavy (non-hydrogen) atoms. The minimum Gasteiger partial charge on any atom is -0.344 e. The fraction of sp³-hybridized carbons (Fsp3) is 0.889. The van der Waals surface area contributed by atoms with Gasteiger partial charge in [-0.3, -0.25) is 9.69 Å². The molecule has 1 amide bonds. The summed E-state index contributed by atoms with van der Waals surface area (Å²) in [4.78, 5) is 12.6. The first-order chi connectivity index (χ1) is 5.70. The number of amides is 1. The van der Waals surface area contributed by atoms with Gasteiger partial charge in [0.1, 0.15) is 0 Å². The third-order valence-electron chi connectivity index (χ3n) is 1.45. The monoisotopic (exact) mass is 174 g/mol. The zero-order valence-electron chi connectivity index (χ0n) is 8.98. The Kier molecular flexibility index (Phi) is 12.2. The lowest BCUT2D eigenvalue weighted by molar-refractivity contribution is -0.119. The normalized spacial score (nSPS) is 8.83. The van der Waals surface area contributed by atoms with Crippen LogP contribution in [0.1, 0.15) is 34.6 Å². The third kappa shape index (κ3) is 9.43. The van der Waals surface area contributed by atoms with Crippen LogP contribution in [-0.2, 0) is 4.79 Å². The predicted molar refractivity (Wildman–Crippen MR) is 53.0 cm³/mol. The minimum atomic E-state index is 0.0342. The van der Waals surface area contributed by atoms with Gasteiger partial charge in [-0.1, -0.05) is 27.7 Å². The van der Waals surface area contributed by atoms with Crippen molar-refractivity contribution in [2.24, 2.45) is 0 Å². The van der Waals surface area contributed by atoms with Gasteiger partial charge in [0.25, 0.3) is 0 Å². The van der Waals surface area contributed by atoms with Crippen molar-refractivity contribution in [3.05, 3.63) is 0 Å². The Labute approximate surface area is 76.1 Å². The van der Waals surface area contributed by atoms with E-state index in [0.717, 1.165) is 13.1 Å². The molecule has 0 aliphatic heterocycles. The summed E-state index contributed by atoms with van der Waals surface area (Å²) in [6.45, 7) is 12.3. The first kappa shape index (κ1) is 14.0. The molecule has 0 rings (SSSR count). The van der Waals surface area contributed by atoms with Crippen molar-refractivity contribution in [1.82, 2.24) is 10.2 Å². The topological polar surface area (TPSA) is 32.3 Å². The number of nitrogens with zero attached hydrogens (tertiary/aromatic N) is 1. The lowest BCUT2D eigenvalue weighted by atomic mass is 10.5. The van der Waals surface area contributed by atoms with Crippen LogP contribution in [0.4, 0.5) is 0 Å². The lowest BCUT2D eigenvalue weighted by Crippen LogP contribution is -2.36. The average Bonchev–Trinajstić information content (AvgIpc) is 2.09. The molecule has 0 saturated carbocycles. The molecule has 0 heterocycles. The van der Waals surface area contributed by atoms with Crippen molar-refractivity contribution >= 4 is 5.91 Å². The molecule has 0 spiro atoms. The maximum Gasteiger partial charge on any atom is 0.217 e. The Hall–Kier alpha value is -0.570. The number of carbonyl (C=O) groups is 1. The quantitative estimate of drug-likeness (QED) is 0.654. The average molecular weight is 174 g/mol. The molecule has 0 aromatic rings. The fourth-order valence-electron chi connectivity index (χ4n) is 0.670. The summed E-state index contributed by atoms with van der Waals surface area (Å²) in [5.74, 6) is 0.0342. The second-order valence-electron chi connectivity index (χ2n) is 2.19. The Morgan fingerprint density at radius 3 is 1.92 bits per heavy atom. The zero-order valence-corrected chi connectivity index (χ0v) is 8.98.